The standard InChI is InChI=1S/C13H18N2O4/c1-15(2)13(17)8-14-12(16)9-19-11-7-5-4-6-10(11)18-3/h4-7H,8-9H2,1-3H3,(H,14,16). The van der Waals surface area contributed by atoms with Crippen LogP contribution < -0.4 is 14.8 Å². The zero-order valence-electron chi connectivity index (χ0n) is 11.3. The fourth-order valence-corrected chi connectivity index (χ4v) is 1.26. The Labute approximate surface area is 112 Å². The van der Waals surface area contributed by atoms with Crippen molar-refractivity contribution in [3.8, 4) is 11.5 Å². The number of methoxy groups -OCH3 is 1. The van der Waals surface area contributed by atoms with E-state index in [1.807, 2.05) is 6.07 Å². The lowest BCUT2D eigenvalue weighted by atomic mass is 10.3. The van der Waals surface area contributed by atoms with Gasteiger partial charge in [0.1, 0.15) is 0 Å². The van der Waals surface area contributed by atoms with Crippen molar-refractivity contribution in [2.75, 3.05) is 34.4 Å². The van der Waals surface area contributed by atoms with Crippen molar-refractivity contribution in [1.29, 1.82) is 0 Å². The minimum absolute atomic E-state index is 0.0406. The molecule has 0 unspecified atom stereocenters. The predicted molar refractivity (Wildman–Crippen MR) is 70.2 cm³/mol. The van der Waals surface area contributed by atoms with Gasteiger partial charge in [-0.15, -0.1) is 0 Å². The van der Waals surface area contributed by atoms with Crippen molar-refractivity contribution in [2.45, 2.75) is 0 Å². The molecule has 2 amide bonds. The highest BCUT2D eigenvalue weighted by Gasteiger charge is 2.09. The van der Waals surface area contributed by atoms with Crippen LogP contribution in [-0.2, 0) is 9.59 Å². The molecule has 0 aliphatic carbocycles. The number of benzene rings is 1. The molecule has 0 heterocycles. The second kappa shape index (κ2) is 7.25. The third kappa shape index (κ3) is 4.87. The van der Waals surface area contributed by atoms with Crippen molar-refractivity contribution >= 4 is 11.8 Å². The lowest BCUT2D eigenvalue weighted by molar-refractivity contribution is -0.131. The zero-order valence-corrected chi connectivity index (χ0v) is 11.3. The highest BCUT2D eigenvalue weighted by molar-refractivity contribution is 5.85. The molecule has 0 aliphatic rings. The number of ether oxygens (including phenoxy) is 2. The van der Waals surface area contributed by atoms with Crippen LogP contribution in [0.3, 0.4) is 0 Å². The maximum Gasteiger partial charge on any atom is 0.258 e. The fraction of sp³-hybridized carbons (Fsp3) is 0.385. The molecule has 6 nitrogen and oxygen atoms in total. The predicted octanol–water partition coefficient (Wildman–Crippen LogP) is 0.278. The number of para-hydroxylation sites is 2. The number of nitrogens with one attached hydrogen (secondary N) is 1. The first-order valence-electron chi connectivity index (χ1n) is 5.77. The molecule has 1 rings (SSSR count). The Morgan fingerprint density at radius 2 is 1.84 bits per heavy atom. The number of hydrogen-bond acceptors (Lipinski definition) is 4. The Kier molecular flexibility index (Phi) is 5.66. The fourth-order valence-electron chi connectivity index (χ4n) is 1.26. The second-order valence-electron chi connectivity index (χ2n) is 4.00. The molecular formula is C13H18N2O4. The van der Waals surface area contributed by atoms with Gasteiger partial charge >= 0.3 is 0 Å². The van der Waals surface area contributed by atoms with Crippen LogP contribution in [0.1, 0.15) is 0 Å². The summed E-state index contributed by atoms with van der Waals surface area (Å²) in [5, 5.41) is 2.48. The highest BCUT2D eigenvalue weighted by atomic mass is 16.5. The second-order valence-corrected chi connectivity index (χ2v) is 4.00. The smallest absolute Gasteiger partial charge is 0.258 e. The van der Waals surface area contributed by atoms with Gasteiger partial charge in [-0.2, -0.15) is 0 Å². The topological polar surface area (TPSA) is 67.9 Å². The minimum Gasteiger partial charge on any atom is -0.493 e. The van der Waals surface area contributed by atoms with Crippen LogP contribution in [-0.4, -0.2) is 51.1 Å². The number of nitrogens with zero attached hydrogens (tertiary/aromatic N) is 1. The molecule has 6 heteroatoms. The summed E-state index contributed by atoms with van der Waals surface area (Å²) in [6.07, 6.45) is 0. The van der Waals surface area contributed by atoms with Gasteiger partial charge in [-0.25, -0.2) is 0 Å². The van der Waals surface area contributed by atoms with Gasteiger partial charge in [-0.3, -0.25) is 9.59 Å². The van der Waals surface area contributed by atoms with E-state index in [0.717, 1.165) is 0 Å². The Morgan fingerprint density at radius 1 is 1.21 bits per heavy atom. The van der Waals surface area contributed by atoms with E-state index in [0.29, 0.717) is 11.5 Å². The molecule has 0 fully saturated rings. The van der Waals surface area contributed by atoms with E-state index in [4.69, 9.17) is 9.47 Å². The average molecular weight is 266 g/mol. The molecule has 1 aromatic carbocycles. The third-order valence-electron chi connectivity index (χ3n) is 2.36. The van der Waals surface area contributed by atoms with Crippen LogP contribution in [0, 0.1) is 0 Å². The van der Waals surface area contributed by atoms with Crippen LogP contribution >= 0.6 is 0 Å². The maximum absolute atomic E-state index is 11.5. The average Bonchev–Trinajstić information content (AvgIpc) is 2.42. The molecule has 104 valence electrons. The monoisotopic (exact) mass is 266 g/mol. The summed E-state index contributed by atoms with van der Waals surface area (Å²) in [7, 11) is 4.78. The molecule has 0 atom stereocenters. The quantitative estimate of drug-likeness (QED) is 0.803. The number of likely N-dealkylation sites (N-methyl/N-ethyl adjacent to an activating group) is 1. The van der Waals surface area contributed by atoms with Crippen molar-refractivity contribution in [1.82, 2.24) is 10.2 Å². The van der Waals surface area contributed by atoms with E-state index in [1.54, 1.807) is 32.3 Å². The molecule has 0 spiro atoms. The Bertz CT molecular complexity index is 446. The summed E-state index contributed by atoms with van der Waals surface area (Å²) in [6.45, 7) is -0.206. The molecule has 0 saturated carbocycles. The molecule has 0 radical (unpaired) electrons. The van der Waals surface area contributed by atoms with E-state index in [1.165, 1.54) is 12.0 Å². The number of carbonyl (C=O) groups excluding carboxylic acids is 2. The summed E-state index contributed by atoms with van der Waals surface area (Å²) in [5.74, 6) is 0.505. The Balaban J connectivity index is 2.40. The molecular weight excluding hydrogens is 248 g/mol. The van der Waals surface area contributed by atoms with Crippen molar-refractivity contribution in [3.05, 3.63) is 24.3 Å². The summed E-state index contributed by atoms with van der Waals surface area (Å²) < 4.78 is 10.4. The number of hydrogen-bond donors (Lipinski definition) is 1. The molecule has 0 aliphatic heterocycles. The van der Waals surface area contributed by atoms with Gasteiger partial charge in [0.05, 0.1) is 13.7 Å². The molecule has 19 heavy (non-hydrogen) atoms. The van der Waals surface area contributed by atoms with Crippen molar-refractivity contribution in [2.24, 2.45) is 0 Å². The molecule has 0 saturated heterocycles. The SMILES string of the molecule is COc1ccccc1OCC(=O)NCC(=O)N(C)C. The minimum atomic E-state index is -0.360. The number of rotatable bonds is 6. The first-order chi connectivity index (χ1) is 9.04. The van der Waals surface area contributed by atoms with Gasteiger partial charge in [0.15, 0.2) is 18.1 Å². The lowest BCUT2D eigenvalue weighted by Crippen LogP contribution is -2.38. The van der Waals surface area contributed by atoms with E-state index in [-0.39, 0.29) is 25.0 Å². The maximum atomic E-state index is 11.5. The molecule has 1 aromatic rings. The zero-order chi connectivity index (χ0) is 14.3. The van der Waals surface area contributed by atoms with Crippen LogP contribution in [0.25, 0.3) is 0 Å². The molecule has 0 aromatic heterocycles. The van der Waals surface area contributed by atoms with Crippen LogP contribution in [0.4, 0.5) is 0 Å². The van der Waals surface area contributed by atoms with E-state index in [9.17, 15) is 9.59 Å². The molecule has 0 bridgehead atoms. The number of amides is 2. The van der Waals surface area contributed by atoms with Crippen molar-refractivity contribution < 1.29 is 19.1 Å². The van der Waals surface area contributed by atoms with Gasteiger partial charge in [0, 0.05) is 14.1 Å². The van der Waals surface area contributed by atoms with Gasteiger partial charge < -0.3 is 19.7 Å². The van der Waals surface area contributed by atoms with Gasteiger partial charge in [-0.1, -0.05) is 12.1 Å². The summed E-state index contributed by atoms with van der Waals surface area (Å²) in [5.41, 5.74) is 0. The summed E-state index contributed by atoms with van der Waals surface area (Å²) >= 11 is 0. The first-order valence-corrected chi connectivity index (χ1v) is 5.77. The van der Waals surface area contributed by atoms with E-state index < -0.39 is 0 Å². The van der Waals surface area contributed by atoms with Gasteiger partial charge in [0.2, 0.25) is 5.91 Å². The Morgan fingerprint density at radius 3 is 2.42 bits per heavy atom. The van der Waals surface area contributed by atoms with E-state index >= 15 is 0 Å². The summed E-state index contributed by atoms with van der Waals surface area (Å²) in [4.78, 5) is 24.2. The number of carbonyl (C=O) groups is 2. The normalized spacial score (nSPS) is 9.63. The third-order valence-corrected chi connectivity index (χ3v) is 2.36. The Hall–Kier alpha value is -2.24. The van der Waals surface area contributed by atoms with Crippen LogP contribution in [0.2, 0.25) is 0 Å². The lowest BCUT2D eigenvalue weighted by Gasteiger charge is -2.12. The van der Waals surface area contributed by atoms with Crippen LogP contribution in [0.5, 0.6) is 11.5 Å². The first kappa shape index (κ1) is 14.8. The molecule has 1 N–H and O–H groups in total. The largest absolute Gasteiger partial charge is 0.493 e. The van der Waals surface area contributed by atoms with Crippen LogP contribution in [0.15, 0.2) is 24.3 Å². The van der Waals surface area contributed by atoms with Gasteiger partial charge in [0.25, 0.3) is 5.91 Å². The van der Waals surface area contributed by atoms with Crippen molar-refractivity contribution in [3.63, 3.8) is 0 Å². The summed E-state index contributed by atoms with van der Waals surface area (Å²) in [6, 6.07) is 7.03. The van der Waals surface area contributed by atoms with E-state index in [2.05, 4.69) is 5.32 Å². The highest BCUT2D eigenvalue weighted by Crippen LogP contribution is 2.25. The van der Waals surface area contributed by atoms with Gasteiger partial charge in [-0.05, 0) is 12.1 Å².